The van der Waals surface area contributed by atoms with Gasteiger partial charge in [-0.1, -0.05) is 42.5 Å². The minimum absolute atomic E-state index is 0.175. The molecule has 23 heavy (non-hydrogen) atoms. The lowest BCUT2D eigenvalue weighted by Gasteiger charge is -2.59. The highest BCUT2D eigenvalue weighted by Gasteiger charge is 2.53. The first kappa shape index (κ1) is 16.1. The number of likely N-dealkylation sites (tertiary alicyclic amines) is 2. The third kappa shape index (κ3) is 3.94. The molecule has 2 saturated heterocycles. The lowest BCUT2D eigenvalue weighted by molar-refractivity contribution is -0.108. The number of ether oxygens (including phenoxy) is 1. The van der Waals surface area contributed by atoms with Crippen molar-refractivity contribution in [1.29, 1.82) is 0 Å². The summed E-state index contributed by atoms with van der Waals surface area (Å²) in [6.07, 6.45) is 4.20. The van der Waals surface area contributed by atoms with Crippen molar-refractivity contribution in [1.82, 2.24) is 9.80 Å². The fraction of sp³-hybridized carbons (Fsp3) is 0.526. The summed E-state index contributed by atoms with van der Waals surface area (Å²) in [7, 11) is 0. The minimum atomic E-state index is -0.409. The van der Waals surface area contributed by atoms with Crippen LogP contribution in [0.15, 0.2) is 36.4 Å². The Morgan fingerprint density at radius 2 is 1.83 bits per heavy atom. The lowest BCUT2D eigenvalue weighted by Crippen LogP contribution is -2.72. The number of amides is 1. The number of rotatable bonds is 3. The molecule has 0 N–H and O–H groups in total. The Morgan fingerprint density at radius 3 is 2.43 bits per heavy atom. The zero-order chi connectivity index (χ0) is 16.5. The molecule has 0 atom stereocenters. The molecule has 2 aliphatic rings. The first-order valence-electron chi connectivity index (χ1n) is 8.27. The van der Waals surface area contributed by atoms with E-state index in [1.165, 1.54) is 5.56 Å². The van der Waals surface area contributed by atoms with E-state index in [1.54, 1.807) is 0 Å². The number of benzene rings is 1. The molecule has 0 saturated carbocycles. The van der Waals surface area contributed by atoms with Crippen molar-refractivity contribution in [3.63, 3.8) is 0 Å². The molecule has 2 fully saturated rings. The Morgan fingerprint density at radius 1 is 1.17 bits per heavy atom. The highest BCUT2D eigenvalue weighted by atomic mass is 16.6. The van der Waals surface area contributed by atoms with Crippen LogP contribution < -0.4 is 0 Å². The topological polar surface area (TPSA) is 32.8 Å². The van der Waals surface area contributed by atoms with Crippen LogP contribution in [0.3, 0.4) is 0 Å². The molecule has 0 aromatic heterocycles. The van der Waals surface area contributed by atoms with E-state index in [9.17, 15) is 4.79 Å². The standard InChI is InChI=1S/C19H26N2O2/c1-18(2,3)23-17(22)21-14-19(15-21)12-20(13-19)11-7-10-16-8-5-4-6-9-16/h4-10H,11-15H2,1-3H3/b10-7+. The molecule has 3 rings (SSSR count). The van der Waals surface area contributed by atoms with Gasteiger partial charge >= 0.3 is 6.09 Å². The van der Waals surface area contributed by atoms with Gasteiger partial charge in [0.25, 0.3) is 0 Å². The van der Waals surface area contributed by atoms with Gasteiger partial charge in [0.05, 0.1) is 0 Å². The number of nitrogens with zero attached hydrogens (tertiary/aromatic N) is 2. The molecule has 0 unspecified atom stereocenters. The van der Waals surface area contributed by atoms with Crippen LogP contribution in [0.25, 0.3) is 6.08 Å². The van der Waals surface area contributed by atoms with Gasteiger partial charge in [0.1, 0.15) is 5.60 Å². The van der Waals surface area contributed by atoms with Crippen LogP contribution in [-0.4, -0.2) is 54.2 Å². The largest absolute Gasteiger partial charge is 0.444 e. The average molecular weight is 314 g/mol. The Bertz CT molecular complexity index is 575. The molecule has 2 heterocycles. The van der Waals surface area contributed by atoms with Gasteiger partial charge in [-0.05, 0) is 26.3 Å². The van der Waals surface area contributed by atoms with Crippen LogP contribution in [0, 0.1) is 5.41 Å². The monoisotopic (exact) mass is 314 g/mol. The summed E-state index contributed by atoms with van der Waals surface area (Å²) in [6.45, 7) is 10.5. The smallest absolute Gasteiger partial charge is 0.410 e. The molecule has 1 amide bonds. The van der Waals surface area contributed by atoms with Crippen molar-refractivity contribution in [3.05, 3.63) is 42.0 Å². The van der Waals surface area contributed by atoms with Crippen LogP contribution in [0.2, 0.25) is 0 Å². The maximum Gasteiger partial charge on any atom is 0.410 e. The second kappa shape index (κ2) is 6.00. The highest BCUT2D eigenvalue weighted by molar-refractivity contribution is 5.69. The quantitative estimate of drug-likeness (QED) is 0.858. The van der Waals surface area contributed by atoms with Gasteiger partial charge in [0.2, 0.25) is 0 Å². The molecular weight excluding hydrogens is 288 g/mol. The summed E-state index contributed by atoms with van der Waals surface area (Å²) in [6, 6.07) is 10.4. The first-order valence-corrected chi connectivity index (χ1v) is 8.27. The first-order chi connectivity index (χ1) is 10.9. The van der Waals surface area contributed by atoms with E-state index < -0.39 is 5.60 Å². The lowest BCUT2D eigenvalue weighted by atomic mass is 9.73. The fourth-order valence-corrected chi connectivity index (χ4v) is 3.35. The van der Waals surface area contributed by atoms with E-state index >= 15 is 0 Å². The molecular formula is C19H26N2O2. The SMILES string of the molecule is CC(C)(C)OC(=O)N1CC2(CN(C/C=C/c3ccccc3)C2)C1. The summed E-state index contributed by atoms with van der Waals surface area (Å²) in [5, 5.41) is 0. The summed E-state index contributed by atoms with van der Waals surface area (Å²) in [5.41, 5.74) is 1.15. The van der Waals surface area contributed by atoms with Gasteiger partial charge in [0.15, 0.2) is 0 Å². The molecule has 0 radical (unpaired) electrons. The van der Waals surface area contributed by atoms with E-state index in [0.29, 0.717) is 5.41 Å². The number of carbonyl (C=O) groups excluding carboxylic acids is 1. The zero-order valence-electron chi connectivity index (χ0n) is 14.3. The summed E-state index contributed by atoms with van der Waals surface area (Å²) >= 11 is 0. The van der Waals surface area contributed by atoms with Gasteiger partial charge < -0.3 is 9.64 Å². The maximum absolute atomic E-state index is 12.0. The summed E-state index contributed by atoms with van der Waals surface area (Å²) in [5.74, 6) is 0. The summed E-state index contributed by atoms with van der Waals surface area (Å²) < 4.78 is 5.41. The van der Waals surface area contributed by atoms with Crippen molar-refractivity contribution in [2.75, 3.05) is 32.7 Å². The second-order valence-electron chi connectivity index (χ2n) is 7.82. The molecule has 0 aliphatic carbocycles. The number of hydrogen-bond acceptors (Lipinski definition) is 3. The maximum atomic E-state index is 12.0. The van der Waals surface area contributed by atoms with Crippen LogP contribution >= 0.6 is 0 Å². The van der Waals surface area contributed by atoms with Crippen molar-refractivity contribution in [3.8, 4) is 0 Å². The molecule has 0 bridgehead atoms. The predicted molar refractivity (Wildman–Crippen MR) is 92.2 cm³/mol. The molecule has 1 aromatic rings. The van der Waals surface area contributed by atoms with E-state index in [2.05, 4.69) is 41.3 Å². The third-order valence-electron chi connectivity index (χ3n) is 4.30. The molecule has 4 nitrogen and oxygen atoms in total. The predicted octanol–water partition coefficient (Wildman–Crippen LogP) is 3.25. The molecule has 124 valence electrons. The summed E-state index contributed by atoms with van der Waals surface area (Å²) in [4.78, 5) is 16.2. The van der Waals surface area contributed by atoms with E-state index in [4.69, 9.17) is 4.74 Å². The number of carbonyl (C=O) groups is 1. The van der Waals surface area contributed by atoms with Gasteiger partial charge in [-0.2, -0.15) is 0 Å². The normalized spacial score (nSPS) is 20.4. The molecule has 1 aromatic carbocycles. The highest BCUT2D eigenvalue weighted by Crippen LogP contribution is 2.40. The zero-order valence-corrected chi connectivity index (χ0v) is 14.3. The Kier molecular flexibility index (Phi) is 4.19. The fourth-order valence-electron chi connectivity index (χ4n) is 3.35. The van der Waals surface area contributed by atoms with Crippen LogP contribution in [0.1, 0.15) is 26.3 Å². The number of hydrogen-bond donors (Lipinski definition) is 0. The Hall–Kier alpha value is -1.81. The van der Waals surface area contributed by atoms with Crippen molar-refractivity contribution >= 4 is 12.2 Å². The van der Waals surface area contributed by atoms with Crippen LogP contribution in [-0.2, 0) is 4.74 Å². The van der Waals surface area contributed by atoms with Gasteiger partial charge in [-0.15, -0.1) is 0 Å². The van der Waals surface area contributed by atoms with Crippen molar-refractivity contribution < 1.29 is 9.53 Å². The van der Waals surface area contributed by atoms with E-state index in [-0.39, 0.29) is 6.09 Å². The molecule has 1 spiro atoms. The van der Waals surface area contributed by atoms with Gasteiger partial charge in [-0.25, -0.2) is 4.79 Å². The Balaban J connectivity index is 1.38. The van der Waals surface area contributed by atoms with Crippen LogP contribution in [0.4, 0.5) is 4.79 Å². The second-order valence-corrected chi connectivity index (χ2v) is 7.82. The van der Waals surface area contributed by atoms with Gasteiger partial charge in [-0.3, -0.25) is 4.90 Å². The van der Waals surface area contributed by atoms with E-state index in [0.717, 1.165) is 32.7 Å². The molecule has 2 aliphatic heterocycles. The Labute approximate surface area is 138 Å². The van der Waals surface area contributed by atoms with E-state index in [1.807, 2.05) is 31.7 Å². The van der Waals surface area contributed by atoms with Crippen LogP contribution in [0.5, 0.6) is 0 Å². The van der Waals surface area contributed by atoms with Crippen molar-refractivity contribution in [2.45, 2.75) is 26.4 Å². The minimum Gasteiger partial charge on any atom is -0.444 e. The average Bonchev–Trinajstić information content (AvgIpc) is 2.38. The van der Waals surface area contributed by atoms with Gasteiger partial charge in [0, 0.05) is 38.1 Å². The third-order valence-corrected chi connectivity index (χ3v) is 4.30. The molecule has 4 heteroatoms. The van der Waals surface area contributed by atoms with Crippen molar-refractivity contribution in [2.24, 2.45) is 5.41 Å².